The lowest BCUT2D eigenvalue weighted by atomic mass is 9.98. The number of aliphatic hydroxyl groups excluding tert-OH is 8. The van der Waals surface area contributed by atoms with Crippen LogP contribution in [0.25, 0.3) is 0 Å². The van der Waals surface area contributed by atoms with Crippen LogP contribution in [0.4, 0.5) is 4.79 Å². The second-order valence-electron chi connectivity index (χ2n) is 8.80. The number of rotatable bonds is 17. The number of carbonyl (C=O) groups is 1. The number of urea groups is 1. The Morgan fingerprint density at radius 1 is 1.00 bits per heavy atom. The van der Waals surface area contributed by atoms with Gasteiger partial charge in [-0.1, -0.05) is 45.4 Å². The van der Waals surface area contributed by atoms with E-state index in [1.54, 1.807) is 0 Å². The van der Waals surface area contributed by atoms with Crippen LogP contribution in [0.2, 0.25) is 0 Å². The third-order valence-electron chi connectivity index (χ3n) is 5.85. The van der Waals surface area contributed by atoms with Crippen molar-refractivity contribution in [3.63, 3.8) is 0 Å². The molecule has 0 bridgehead atoms. The van der Waals surface area contributed by atoms with E-state index < -0.39 is 74.4 Å². The highest BCUT2D eigenvalue weighted by Crippen LogP contribution is 2.24. The fourth-order valence-corrected chi connectivity index (χ4v) is 3.62. The second-order valence-corrected chi connectivity index (χ2v) is 8.80. The second kappa shape index (κ2) is 17.9. The van der Waals surface area contributed by atoms with Gasteiger partial charge in [0, 0.05) is 6.54 Å². The lowest BCUT2D eigenvalue weighted by Crippen LogP contribution is -2.61. The van der Waals surface area contributed by atoms with Crippen LogP contribution in [0, 0.1) is 0 Å². The molecule has 0 aromatic carbocycles. The topological polar surface area (TPSA) is 234 Å². The van der Waals surface area contributed by atoms with Gasteiger partial charge in [0.25, 0.3) is 0 Å². The van der Waals surface area contributed by atoms with Gasteiger partial charge in [-0.25, -0.2) is 10.2 Å². The molecule has 1 saturated heterocycles. The molecule has 0 aromatic heterocycles. The van der Waals surface area contributed by atoms with Gasteiger partial charge in [-0.2, -0.15) is 5.10 Å². The quantitative estimate of drug-likeness (QED) is 0.0532. The van der Waals surface area contributed by atoms with E-state index in [1.165, 1.54) is 19.3 Å². The molecule has 1 rings (SSSR count). The van der Waals surface area contributed by atoms with Gasteiger partial charge in [0.2, 0.25) is 0 Å². The van der Waals surface area contributed by atoms with E-state index in [9.17, 15) is 45.6 Å². The first-order chi connectivity index (χ1) is 17.2. The molecule has 10 N–H and O–H groups in total. The molecular weight excluding hydrogens is 482 g/mol. The van der Waals surface area contributed by atoms with Crippen molar-refractivity contribution in [2.75, 3.05) is 19.8 Å². The zero-order chi connectivity index (χ0) is 27.1. The smallest absolute Gasteiger partial charge is 0.335 e. The Bertz CT molecular complexity index is 628. The van der Waals surface area contributed by atoms with Crippen molar-refractivity contribution in [2.45, 2.75) is 107 Å². The summed E-state index contributed by atoms with van der Waals surface area (Å²) in [6.07, 6.45) is -7.15. The first-order valence-corrected chi connectivity index (χ1v) is 12.4. The van der Waals surface area contributed by atoms with Gasteiger partial charge in [-0.15, -0.1) is 0 Å². The molecule has 0 radical (unpaired) electrons. The first-order valence-electron chi connectivity index (χ1n) is 12.4. The van der Waals surface area contributed by atoms with Gasteiger partial charge >= 0.3 is 6.03 Å². The largest absolute Gasteiger partial charge is 0.394 e. The lowest BCUT2D eigenvalue weighted by molar-refractivity contribution is -0.326. The summed E-state index contributed by atoms with van der Waals surface area (Å²) < 4.78 is 10.4. The van der Waals surface area contributed by atoms with E-state index in [1.807, 2.05) is 0 Å². The maximum atomic E-state index is 11.8. The lowest BCUT2D eigenvalue weighted by Gasteiger charge is -2.42. The van der Waals surface area contributed by atoms with E-state index in [0.29, 0.717) is 6.54 Å². The zero-order valence-corrected chi connectivity index (χ0v) is 20.6. The Kier molecular flexibility index (Phi) is 16.2. The number of nitrogens with one attached hydrogen (secondary N) is 2. The molecule has 0 unspecified atom stereocenters. The first kappa shape index (κ1) is 32.6. The summed E-state index contributed by atoms with van der Waals surface area (Å²) in [7, 11) is 0. The van der Waals surface area contributed by atoms with E-state index in [0.717, 1.165) is 31.9 Å². The van der Waals surface area contributed by atoms with E-state index in [2.05, 4.69) is 22.8 Å². The molecular formula is C22H43N3O11. The van der Waals surface area contributed by atoms with E-state index in [-0.39, 0.29) is 0 Å². The van der Waals surface area contributed by atoms with Crippen molar-refractivity contribution in [3.05, 3.63) is 0 Å². The Morgan fingerprint density at radius 3 is 2.25 bits per heavy atom. The summed E-state index contributed by atoms with van der Waals surface area (Å²) in [4.78, 5) is 11.8. The number of aliphatic hydroxyl groups is 8. The van der Waals surface area contributed by atoms with Crippen LogP contribution in [0.15, 0.2) is 5.10 Å². The van der Waals surface area contributed by atoms with Gasteiger partial charge in [0.15, 0.2) is 6.29 Å². The molecule has 1 fully saturated rings. The minimum Gasteiger partial charge on any atom is -0.394 e. The number of hydrogen-bond donors (Lipinski definition) is 10. The number of unbranched alkanes of at least 4 members (excludes halogenated alkanes) is 6. The van der Waals surface area contributed by atoms with E-state index >= 15 is 0 Å². The molecule has 14 nitrogen and oxygen atoms in total. The number of ether oxygens (including phenoxy) is 2. The van der Waals surface area contributed by atoms with Crippen LogP contribution in [0.3, 0.4) is 0 Å². The van der Waals surface area contributed by atoms with Crippen molar-refractivity contribution in [1.82, 2.24) is 10.7 Å². The van der Waals surface area contributed by atoms with Crippen molar-refractivity contribution in [2.24, 2.45) is 5.10 Å². The minimum atomic E-state index is -1.93. The van der Waals surface area contributed by atoms with Gasteiger partial charge in [0.1, 0.15) is 48.8 Å². The van der Waals surface area contributed by atoms with E-state index in [4.69, 9.17) is 9.47 Å². The Labute approximate surface area is 210 Å². The maximum Gasteiger partial charge on any atom is 0.335 e. The Balaban J connectivity index is 2.54. The zero-order valence-electron chi connectivity index (χ0n) is 20.6. The number of amides is 2. The Morgan fingerprint density at radius 2 is 1.64 bits per heavy atom. The molecule has 36 heavy (non-hydrogen) atoms. The number of hydrazone groups is 1. The fraction of sp³-hybridized carbons (Fsp3) is 0.909. The average Bonchev–Trinajstić information content (AvgIpc) is 2.87. The Hall–Kier alpha value is -1.46. The van der Waals surface area contributed by atoms with Crippen LogP contribution < -0.4 is 10.7 Å². The number of carbonyl (C=O) groups excluding carboxylic acids is 1. The van der Waals surface area contributed by atoms with Crippen LogP contribution in [0.1, 0.15) is 51.9 Å². The molecule has 1 heterocycles. The summed E-state index contributed by atoms with van der Waals surface area (Å²) in [5, 5.41) is 85.1. The molecule has 2 amide bonds. The predicted molar refractivity (Wildman–Crippen MR) is 127 cm³/mol. The highest BCUT2D eigenvalue weighted by molar-refractivity contribution is 5.75. The number of nitrogens with zero attached hydrogens (tertiary/aromatic N) is 1. The molecule has 0 spiro atoms. The summed E-state index contributed by atoms with van der Waals surface area (Å²) >= 11 is 0. The highest BCUT2D eigenvalue weighted by Gasteiger charge is 2.46. The summed E-state index contributed by atoms with van der Waals surface area (Å²) in [5.74, 6) is 0. The SMILES string of the molecule is CCCCCCCCCNC(=O)N/N=C/[C@H](O)[C@@H](O)[C@H](O[C@H]1O[C@H](CO)[C@@H](O)[C@H](O)[C@H]1O)[C@H](O)CO. The van der Waals surface area contributed by atoms with Crippen molar-refractivity contribution < 1.29 is 55.1 Å². The highest BCUT2D eigenvalue weighted by atomic mass is 16.7. The summed E-state index contributed by atoms with van der Waals surface area (Å²) in [6, 6.07) is -0.622. The molecule has 0 aliphatic carbocycles. The van der Waals surface area contributed by atoms with Crippen LogP contribution >= 0.6 is 0 Å². The van der Waals surface area contributed by atoms with Crippen molar-refractivity contribution >= 4 is 12.2 Å². The predicted octanol–water partition coefficient (Wildman–Crippen LogP) is -2.72. The molecule has 1 aliphatic heterocycles. The standard InChI is InChI=1S/C22H43N3O11/c1-2-3-4-5-6-7-8-9-23-22(34)25-24-10-13(28)16(30)20(14(29)11-26)36-21-19(33)18(32)17(31)15(12-27)35-21/h10,13-21,26-33H,2-9,11-12H2,1H3,(H2,23,25,34)/b24-10+/t13-,14+,15+,16+,17+,18-,19+,20+,21+/m0/s1. The maximum absolute atomic E-state index is 11.8. The molecule has 212 valence electrons. The third-order valence-corrected chi connectivity index (χ3v) is 5.85. The van der Waals surface area contributed by atoms with Crippen molar-refractivity contribution in [1.29, 1.82) is 0 Å². The number of hydrogen-bond acceptors (Lipinski definition) is 12. The average molecular weight is 526 g/mol. The summed E-state index contributed by atoms with van der Waals surface area (Å²) in [5.41, 5.74) is 2.12. The molecule has 14 heteroatoms. The van der Waals surface area contributed by atoms with Crippen molar-refractivity contribution in [3.8, 4) is 0 Å². The third kappa shape index (κ3) is 10.9. The monoisotopic (exact) mass is 525 g/mol. The van der Waals surface area contributed by atoms with Gasteiger partial charge in [0.05, 0.1) is 19.4 Å². The molecule has 1 aliphatic rings. The molecule has 0 aromatic rings. The molecule has 0 saturated carbocycles. The van der Waals surface area contributed by atoms with Gasteiger partial charge in [-0.05, 0) is 6.42 Å². The normalized spacial score (nSPS) is 28.0. The van der Waals surface area contributed by atoms with Gasteiger partial charge < -0.3 is 55.6 Å². The molecule has 9 atom stereocenters. The van der Waals surface area contributed by atoms with Crippen LogP contribution in [-0.4, -0.2) is 128 Å². The summed E-state index contributed by atoms with van der Waals surface area (Å²) in [6.45, 7) is 0.947. The van der Waals surface area contributed by atoms with Crippen LogP contribution in [0.5, 0.6) is 0 Å². The minimum absolute atomic E-state index is 0.442. The fourth-order valence-electron chi connectivity index (χ4n) is 3.62. The van der Waals surface area contributed by atoms with Crippen LogP contribution in [-0.2, 0) is 9.47 Å². The van der Waals surface area contributed by atoms with Gasteiger partial charge in [-0.3, -0.25) is 0 Å².